The lowest BCUT2D eigenvalue weighted by molar-refractivity contribution is 0.438. The van der Waals surface area contributed by atoms with Gasteiger partial charge in [0.05, 0.1) is 5.02 Å². The summed E-state index contributed by atoms with van der Waals surface area (Å²) >= 11 is 5.99. The lowest BCUT2D eigenvalue weighted by atomic mass is 9.99. The summed E-state index contributed by atoms with van der Waals surface area (Å²) in [4.78, 5) is 2.42. The van der Waals surface area contributed by atoms with E-state index in [0.29, 0.717) is 5.69 Å². The van der Waals surface area contributed by atoms with E-state index in [1.807, 2.05) is 12.1 Å². The van der Waals surface area contributed by atoms with Crippen LogP contribution >= 0.6 is 11.6 Å². The third kappa shape index (κ3) is 3.84. The van der Waals surface area contributed by atoms with Gasteiger partial charge in [0, 0.05) is 24.5 Å². The maximum Gasteiger partial charge on any atom is 0.263 e. The molecule has 0 bridgehead atoms. The molecule has 1 aliphatic heterocycles. The number of hydrogen-bond donors (Lipinski definition) is 1. The predicted molar refractivity (Wildman–Crippen MR) is 99.3 cm³/mol. The van der Waals surface area contributed by atoms with Gasteiger partial charge in [-0.05, 0) is 55.2 Å². The van der Waals surface area contributed by atoms with Crippen molar-refractivity contribution in [3.05, 3.63) is 53.6 Å². The monoisotopic (exact) mass is 364 g/mol. The number of anilines is 2. The number of nitrogens with one attached hydrogen (secondary N) is 1. The number of halogens is 1. The topological polar surface area (TPSA) is 49.4 Å². The Morgan fingerprint density at radius 1 is 1.04 bits per heavy atom. The van der Waals surface area contributed by atoms with Crippen LogP contribution in [0.2, 0.25) is 5.02 Å². The molecule has 1 fully saturated rings. The van der Waals surface area contributed by atoms with Crippen molar-refractivity contribution in [2.75, 3.05) is 22.7 Å². The van der Waals surface area contributed by atoms with Crippen molar-refractivity contribution >= 4 is 33.0 Å². The second kappa shape index (κ2) is 7.03. The van der Waals surface area contributed by atoms with Gasteiger partial charge in [-0.1, -0.05) is 30.7 Å². The van der Waals surface area contributed by atoms with Crippen molar-refractivity contribution in [3.8, 4) is 0 Å². The molecule has 1 aliphatic rings. The minimum atomic E-state index is -3.68. The van der Waals surface area contributed by atoms with Crippen LogP contribution in [0.5, 0.6) is 0 Å². The van der Waals surface area contributed by atoms with E-state index in [1.54, 1.807) is 30.3 Å². The van der Waals surface area contributed by atoms with E-state index < -0.39 is 10.0 Å². The predicted octanol–water partition coefficient (Wildman–Crippen LogP) is 4.38. The number of sulfonamides is 1. The summed E-state index contributed by atoms with van der Waals surface area (Å²) in [7, 11) is -3.68. The fourth-order valence-electron chi connectivity index (χ4n) is 2.88. The fourth-order valence-corrected chi connectivity index (χ4v) is 4.46. The first kappa shape index (κ1) is 17.1. The van der Waals surface area contributed by atoms with Gasteiger partial charge in [0.15, 0.2) is 0 Å². The van der Waals surface area contributed by atoms with Gasteiger partial charge in [0.25, 0.3) is 10.0 Å². The van der Waals surface area contributed by atoms with E-state index in [0.717, 1.165) is 24.7 Å². The lowest BCUT2D eigenvalue weighted by Gasteiger charge is -2.32. The highest BCUT2D eigenvalue weighted by molar-refractivity contribution is 7.92. The van der Waals surface area contributed by atoms with Gasteiger partial charge in [-0.2, -0.15) is 0 Å². The fraction of sp³-hybridized carbons (Fsp3) is 0.333. The molecule has 6 heteroatoms. The van der Waals surface area contributed by atoms with Gasteiger partial charge in [0.2, 0.25) is 0 Å². The van der Waals surface area contributed by atoms with Gasteiger partial charge in [-0.3, -0.25) is 4.72 Å². The average molecular weight is 365 g/mol. The summed E-state index contributed by atoms with van der Waals surface area (Å²) in [5.74, 6) is 0.781. The molecule has 1 saturated heterocycles. The molecule has 1 N–H and O–H groups in total. The standard InChI is InChI=1S/C18H21ClN2O2S/c1-14-10-12-21(13-11-14)16-8-6-15(7-9-16)20-24(22,23)18-5-3-2-4-17(18)19/h2-9,14,20H,10-13H2,1H3. The normalized spacial score (nSPS) is 16.2. The van der Waals surface area contributed by atoms with Gasteiger partial charge in [-0.15, -0.1) is 0 Å². The first-order chi connectivity index (χ1) is 11.5. The molecule has 4 nitrogen and oxygen atoms in total. The molecule has 0 amide bonds. The Bertz CT molecular complexity index is 798. The van der Waals surface area contributed by atoms with Crippen LogP contribution in [-0.4, -0.2) is 21.5 Å². The Labute approximate surface area is 148 Å². The second-order valence-corrected chi connectivity index (χ2v) is 8.31. The Morgan fingerprint density at radius 3 is 2.29 bits per heavy atom. The highest BCUT2D eigenvalue weighted by atomic mass is 35.5. The average Bonchev–Trinajstić information content (AvgIpc) is 2.56. The highest BCUT2D eigenvalue weighted by Crippen LogP contribution is 2.26. The van der Waals surface area contributed by atoms with E-state index in [-0.39, 0.29) is 9.92 Å². The van der Waals surface area contributed by atoms with Gasteiger partial charge < -0.3 is 4.90 Å². The van der Waals surface area contributed by atoms with E-state index in [1.165, 1.54) is 18.9 Å². The van der Waals surface area contributed by atoms with Crippen molar-refractivity contribution in [2.45, 2.75) is 24.7 Å². The third-order valence-electron chi connectivity index (χ3n) is 4.39. The van der Waals surface area contributed by atoms with Crippen LogP contribution in [0, 0.1) is 5.92 Å². The van der Waals surface area contributed by atoms with Crippen LogP contribution in [0.25, 0.3) is 0 Å². The van der Waals surface area contributed by atoms with Gasteiger partial charge >= 0.3 is 0 Å². The van der Waals surface area contributed by atoms with Crippen LogP contribution in [0.15, 0.2) is 53.4 Å². The largest absolute Gasteiger partial charge is 0.372 e. The van der Waals surface area contributed by atoms with E-state index in [9.17, 15) is 8.42 Å². The first-order valence-corrected chi connectivity index (χ1v) is 9.94. The minimum Gasteiger partial charge on any atom is -0.372 e. The summed E-state index contributed by atoms with van der Waals surface area (Å²) in [6.45, 7) is 4.38. The lowest BCUT2D eigenvalue weighted by Crippen LogP contribution is -2.32. The van der Waals surface area contributed by atoms with Crippen molar-refractivity contribution in [1.29, 1.82) is 0 Å². The van der Waals surface area contributed by atoms with Crippen LogP contribution in [-0.2, 0) is 10.0 Å². The Balaban J connectivity index is 1.73. The van der Waals surface area contributed by atoms with E-state index in [2.05, 4.69) is 16.5 Å². The summed E-state index contributed by atoms with van der Waals surface area (Å²) in [6, 6.07) is 13.9. The van der Waals surface area contributed by atoms with E-state index >= 15 is 0 Å². The molecule has 2 aromatic carbocycles. The Kier molecular flexibility index (Phi) is 5.01. The van der Waals surface area contributed by atoms with E-state index in [4.69, 9.17) is 11.6 Å². The van der Waals surface area contributed by atoms with Crippen molar-refractivity contribution < 1.29 is 8.42 Å². The van der Waals surface area contributed by atoms with Crippen molar-refractivity contribution in [2.24, 2.45) is 5.92 Å². The minimum absolute atomic E-state index is 0.0840. The maximum absolute atomic E-state index is 12.4. The zero-order chi connectivity index (χ0) is 17.2. The molecule has 0 atom stereocenters. The van der Waals surface area contributed by atoms with Crippen LogP contribution < -0.4 is 9.62 Å². The van der Waals surface area contributed by atoms with Gasteiger partial charge in [0.1, 0.15) is 4.90 Å². The van der Waals surface area contributed by atoms with Crippen LogP contribution in [0.4, 0.5) is 11.4 Å². The highest BCUT2D eigenvalue weighted by Gasteiger charge is 2.18. The summed E-state index contributed by atoms with van der Waals surface area (Å²) in [5, 5.41) is 0.212. The van der Waals surface area contributed by atoms with Crippen molar-refractivity contribution in [3.63, 3.8) is 0 Å². The molecule has 24 heavy (non-hydrogen) atoms. The molecule has 0 aliphatic carbocycles. The molecule has 0 spiro atoms. The number of benzene rings is 2. The molecular weight excluding hydrogens is 344 g/mol. The second-order valence-electron chi connectivity index (χ2n) is 6.25. The zero-order valence-corrected chi connectivity index (χ0v) is 15.1. The summed E-state index contributed by atoms with van der Waals surface area (Å²) in [6.07, 6.45) is 2.39. The number of hydrogen-bond acceptors (Lipinski definition) is 3. The summed E-state index contributed by atoms with van der Waals surface area (Å²) in [5.41, 5.74) is 1.66. The molecule has 0 saturated carbocycles. The van der Waals surface area contributed by atoms with Crippen molar-refractivity contribution in [1.82, 2.24) is 0 Å². The number of nitrogens with zero attached hydrogens (tertiary/aromatic N) is 1. The SMILES string of the molecule is CC1CCN(c2ccc(NS(=O)(=O)c3ccccc3Cl)cc2)CC1. The molecule has 1 heterocycles. The maximum atomic E-state index is 12.4. The Hall–Kier alpha value is -1.72. The third-order valence-corrected chi connectivity index (χ3v) is 6.28. The molecule has 2 aromatic rings. The number of rotatable bonds is 4. The molecule has 0 aromatic heterocycles. The summed E-state index contributed by atoms with van der Waals surface area (Å²) < 4.78 is 27.5. The smallest absolute Gasteiger partial charge is 0.263 e. The molecule has 0 unspecified atom stereocenters. The molecule has 0 radical (unpaired) electrons. The Morgan fingerprint density at radius 2 is 1.67 bits per heavy atom. The molecular formula is C18H21ClN2O2S. The first-order valence-electron chi connectivity index (χ1n) is 8.08. The molecule has 3 rings (SSSR count). The molecule has 128 valence electrons. The quantitative estimate of drug-likeness (QED) is 0.875. The number of piperidine rings is 1. The van der Waals surface area contributed by atoms with Gasteiger partial charge in [-0.25, -0.2) is 8.42 Å². The van der Waals surface area contributed by atoms with Crippen LogP contribution in [0.1, 0.15) is 19.8 Å². The van der Waals surface area contributed by atoms with Crippen LogP contribution in [0.3, 0.4) is 0 Å². The zero-order valence-electron chi connectivity index (χ0n) is 13.6.